The van der Waals surface area contributed by atoms with Gasteiger partial charge in [-0.3, -0.25) is 0 Å². The third-order valence-corrected chi connectivity index (χ3v) is 3.28. The molecule has 0 bridgehead atoms. The highest BCUT2D eigenvalue weighted by atomic mass is 15.3. The smallest absolute Gasteiger partial charge is 0.104 e. The molecular weight excluding hydrogens is 230 g/mol. The van der Waals surface area contributed by atoms with E-state index in [4.69, 9.17) is 0 Å². The Morgan fingerprint density at radius 3 is 1.89 bits per heavy atom. The first-order valence-corrected chi connectivity index (χ1v) is 6.66. The van der Waals surface area contributed by atoms with Gasteiger partial charge in [0.05, 0.1) is 14.1 Å². The van der Waals surface area contributed by atoms with Gasteiger partial charge in [-0.25, -0.2) is 0 Å². The first-order valence-electron chi connectivity index (χ1n) is 6.66. The van der Waals surface area contributed by atoms with Crippen LogP contribution in [0.3, 0.4) is 0 Å². The first-order chi connectivity index (χ1) is 9.09. The monoisotopic (exact) mass is 252 g/mol. The molecular formula is C18H22N+. The second-order valence-corrected chi connectivity index (χ2v) is 5.68. The lowest BCUT2D eigenvalue weighted by molar-refractivity contribution is -0.916. The summed E-state index contributed by atoms with van der Waals surface area (Å²) in [6.07, 6.45) is 1.88. The summed E-state index contributed by atoms with van der Waals surface area (Å²) in [5.74, 6) is 0. The number of benzene rings is 2. The van der Waals surface area contributed by atoms with Gasteiger partial charge in [0.15, 0.2) is 0 Å². The summed E-state index contributed by atoms with van der Waals surface area (Å²) in [5.41, 5.74) is 3.93. The molecule has 0 aromatic heterocycles. The maximum atomic E-state index is 3.79. The number of rotatable bonds is 5. The number of hydrogen-bond donors (Lipinski definition) is 0. The van der Waals surface area contributed by atoms with Crippen molar-refractivity contribution in [3.05, 3.63) is 77.9 Å². The van der Waals surface area contributed by atoms with Gasteiger partial charge in [-0.2, -0.15) is 0 Å². The van der Waals surface area contributed by atoms with E-state index < -0.39 is 0 Å². The van der Waals surface area contributed by atoms with Crippen LogP contribution >= 0.6 is 0 Å². The number of quaternary nitrogens is 1. The average Bonchev–Trinajstić information content (AvgIpc) is 2.39. The molecule has 2 aromatic carbocycles. The quantitative estimate of drug-likeness (QED) is 0.703. The average molecular weight is 252 g/mol. The Labute approximate surface area is 116 Å². The van der Waals surface area contributed by atoms with Crippen molar-refractivity contribution in [1.29, 1.82) is 0 Å². The fraction of sp³-hybridized carbons (Fsp3) is 0.222. The van der Waals surface area contributed by atoms with Crippen LogP contribution in [0.1, 0.15) is 16.7 Å². The Balaban J connectivity index is 2.05. The third-order valence-electron chi connectivity index (χ3n) is 3.28. The van der Waals surface area contributed by atoms with E-state index in [1.54, 1.807) is 0 Å². The predicted molar refractivity (Wildman–Crippen MR) is 82.5 cm³/mol. The van der Waals surface area contributed by atoms with Crippen molar-refractivity contribution in [2.75, 3.05) is 14.1 Å². The first kappa shape index (κ1) is 13.6. The topological polar surface area (TPSA) is 0 Å². The van der Waals surface area contributed by atoms with Gasteiger partial charge >= 0.3 is 0 Å². The van der Waals surface area contributed by atoms with Crippen molar-refractivity contribution in [3.8, 4) is 0 Å². The van der Waals surface area contributed by atoms with E-state index in [0.717, 1.165) is 17.6 Å². The Morgan fingerprint density at radius 2 is 1.37 bits per heavy atom. The molecule has 0 saturated carbocycles. The summed E-state index contributed by atoms with van der Waals surface area (Å²) in [7, 11) is 4.54. The minimum atomic E-state index is 0.956. The zero-order valence-corrected chi connectivity index (χ0v) is 11.8. The molecule has 0 aliphatic rings. The van der Waals surface area contributed by atoms with Crippen molar-refractivity contribution in [1.82, 2.24) is 0 Å². The van der Waals surface area contributed by atoms with Crippen LogP contribution in [0.5, 0.6) is 0 Å². The van der Waals surface area contributed by atoms with E-state index in [-0.39, 0.29) is 0 Å². The van der Waals surface area contributed by atoms with Crippen LogP contribution < -0.4 is 0 Å². The van der Waals surface area contributed by atoms with Crippen LogP contribution in [0.4, 0.5) is 0 Å². The minimum Gasteiger partial charge on any atom is -0.321 e. The Kier molecular flexibility index (Phi) is 4.18. The molecule has 0 heterocycles. The minimum absolute atomic E-state index is 0.956. The van der Waals surface area contributed by atoms with E-state index in [2.05, 4.69) is 75.3 Å². The summed E-state index contributed by atoms with van der Waals surface area (Å²) in [6.45, 7) is 5.87. The van der Waals surface area contributed by atoms with E-state index in [1.807, 2.05) is 6.08 Å². The number of nitrogens with zero attached hydrogens (tertiary/aromatic N) is 1. The van der Waals surface area contributed by atoms with Crippen LogP contribution in [0.2, 0.25) is 0 Å². The van der Waals surface area contributed by atoms with Crippen molar-refractivity contribution >= 4 is 6.08 Å². The fourth-order valence-electron chi connectivity index (χ4n) is 2.39. The van der Waals surface area contributed by atoms with Gasteiger partial charge in [0.25, 0.3) is 0 Å². The largest absolute Gasteiger partial charge is 0.321 e. The summed E-state index contributed by atoms with van der Waals surface area (Å²) < 4.78 is 0.956. The van der Waals surface area contributed by atoms with Crippen LogP contribution in [0.25, 0.3) is 6.08 Å². The number of hydrogen-bond acceptors (Lipinski definition) is 0. The van der Waals surface area contributed by atoms with Crippen LogP contribution in [-0.2, 0) is 13.1 Å². The normalized spacial score (nSPS) is 11.3. The van der Waals surface area contributed by atoms with Crippen LogP contribution in [0.15, 0.2) is 61.2 Å². The summed E-state index contributed by atoms with van der Waals surface area (Å²) in [6, 6.07) is 19.3. The fourth-order valence-corrected chi connectivity index (χ4v) is 2.39. The maximum Gasteiger partial charge on any atom is 0.104 e. The summed E-state index contributed by atoms with van der Waals surface area (Å²) >= 11 is 0. The van der Waals surface area contributed by atoms with Crippen molar-refractivity contribution < 1.29 is 4.48 Å². The molecule has 19 heavy (non-hydrogen) atoms. The molecule has 1 heteroatoms. The zero-order chi connectivity index (χ0) is 13.7. The Hall–Kier alpha value is -1.86. The standard InChI is InChI=1S/C18H22N/c1-4-16-10-12-18(13-11-16)15-19(2,3)14-17-8-6-5-7-9-17/h4-13H,1,14-15H2,2-3H3/q+1. The summed E-state index contributed by atoms with van der Waals surface area (Å²) in [4.78, 5) is 0. The molecule has 2 aromatic rings. The van der Waals surface area contributed by atoms with Crippen LogP contribution in [0, 0.1) is 0 Å². The molecule has 98 valence electrons. The highest BCUT2D eigenvalue weighted by Gasteiger charge is 2.16. The lowest BCUT2D eigenvalue weighted by Crippen LogP contribution is -2.37. The molecule has 0 spiro atoms. The molecule has 0 N–H and O–H groups in total. The van der Waals surface area contributed by atoms with E-state index in [0.29, 0.717) is 0 Å². The van der Waals surface area contributed by atoms with E-state index in [9.17, 15) is 0 Å². The van der Waals surface area contributed by atoms with Crippen molar-refractivity contribution in [3.63, 3.8) is 0 Å². The lowest BCUT2D eigenvalue weighted by atomic mass is 10.1. The highest BCUT2D eigenvalue weighted by molar-refractivity contribution is 5.47. The van der Waals surface area contributed by atoms with E-state index in [1.165, 1.54) is 16.7 Å². The second-order valence-electron chi connectivity index (χ2n) is 5.68. The molecule has 0 fully saturated rings. The summed E-state index contributed by atoms with van der Waals surface area (Å²) in [5, 5.41) is 0. The highest BCUT2D eigenvalue weighted by Crippen LogP contribution is 2.15. The predicted octanol–water partition coefficient (Wildman–Crippen LogP) is 4.11. The maximum absolute atomic E-state index is 3.79. The van der Waals surface area contributed by atoms with Gasteiger partial charge in [0, 0.05) is 11.1 Å². The van der Waals surface area contributed by atoms with E-state index >= 15 is 0 Å². The molecule has 0 saturated heterocycles. The SMILES string of the molecule is C=Cc1ccc(C[N+](C)(C)Cc2ccccc2)cc1. The van der Waals surface area contributed by atoms with Gasteiger partial charge < -0.3 is 4.48 Å². The lowest BCUT2D eigenvalue weighted by Gasteiger charge is -2.30. The van der Waals surface area contributed by atoms with Gasteiger partial charge in [0.2, 0.25) is 0 Å². The third kappa shape index (κ3) is 4.08. The van der Waals surface area contributed by atoms with Gasteiger partial charge in [-0.1, -0.05) is 67.3 Å². The Bertz CT molecular complexity index is 523. The van der Waals surface area contributed by atoms with Gasteiger partial charge in [-0.05, 0) is 5.56 Å². The zero-order valence-electron chi connectivity index (χ0n) is 11.8. The molecule has 0 aliphatic carbocycles. The molecule has 0 unspecified atom stereocenters. The van der Waals surface area contributed by atoms with Gasteiger partial charge in [-0.15, -0.1) is 0 Å². The molecule has 0 atom stereocenters. The van der Waals surface area contributed by atoms with Crippen LogP contribution in [-0.4, -0.2) is 18.6 Å². The second kappa shape index (κ2) is 5.85. The molecule has 0 radical (unpaired) electrons. The Morgan fingerprint density at radius 1 is 0.842 bits per heavy atom. The van der Waals surface area contributed by atoms with Crippen molar-refractivity contribution in [2.24, 2.45) is 0 Å². The molecule has 0 aliphatic heterocycles. The molecule has 2 rings (SSSR count). The molecule has 0 amide bonds. The van der Waals surface area contributed by atoms with Crippen molar-refractivity contribution in [2.45, 2.75) is 13.1 Å². The van der Waals surface area contributed by atoms with Gasteiger partial charge in [0.1, 0.15) is 13.1 Å². The molecule has 1 nitrogen and oxygen atoms in total.